The first-order valence-corrected chi connectivity index (χ1v) is 10.5. The number of nitrogens with zero attached hydrogens (tertiary/aromatic N) is 2. The molecule has 0 radical (unpaired) electrons. The number of benzene rings is 1. The van der Waals surface area contributed by atoms with Crippen molar-refractivity contribution in [3.63, 3.8) is 0 Å². The van der Waals surface area contributed by atoms with Crippen LogP contribution < -0.4 is 15.4 Å². The monoisotopic (exact) mass is 518 g/mol. The predicted octanol–water partition coefficient (Wildman–Crippen LogP) is 2.68. The zero-order valence-electron chi connectivity index (χ0n) is 16.5. The molecule has 9 heteroatoms. The minimum atomic E-state index is -3.21. The molecule has 0 bridgehead atoms. The zero-order chi connectivity index (χ0) is 19.9. The molecule has 2 rings (SSSR count). The lowest BCUT2D eigenvalue weighted by Gasteiger charge is -2.12. The van der Waals surface area contributed by atoms with Crippen molar-refractivity contribution in [2.24, 2.45) is 4.99 Å². The topological polar surface area (TPSA) is 92.7 Å². The molecule has 0 aliphatic heterocycles. The molecule has 2 N–H and O–H groups in total. The zero-order valence-corrected chi connectivity index (χ0v) is 19.7. The Labute approximate surface area is 184 Å². The number of nitrogens with one attached hydrogen (secondary N) is 2. The summed E-state index contributed by atoms with van der Waals surface area (Å²) in [5, 5.41) is 6.45. The molecule has 0 amide bonds. The van der Waals surface area contributed by atoms with Crippen molar-refractivity contribution in [1.29, 1.82) is 0 Å². The Morgan fingerprint density at radius 2 is 1.89 bits per heavy atom. The molecule has 0 saturated carbocycles. The highest BCUT2D eigenvalue weighted by atomic mass is 127. The highest BCUT2D eigenvalue weighted by molar-refractivity contribution is 14.0. The Hall–Kier alpha value is -1.88. The summed E-state index contributed by atoms with van der Waals surface area (Å²) >= 11 is 0. The molecule has 0 saturated heterocycles. The van der Waals surface area contributed by atoms with Crippen molar-refractivity contribution >= 4 is 39.8 Å². The van der Waals surface area contributed by atoms with E-state index in [1.165, 1.54) is 6.26 Å². The minimum Gasteiger partial charge on any atom is -0.481 e. The second-order valence-electron chi connectivity index (χ2n) is 6.13. The highest BCUT2D eigenvalue weighted by Gasteiger charge is 2.11. The minimum absolute atomic E-state index is 0. The van der Waals surface area contributed by atoms with Gasteiger partial charge in [0.15, 0.2) is 15.8 Å². The van der Waals surface area contributed by atoms with Gasteiger partial charge in [-0.1, -0.05) is 18.2 Å². The standard InChI is InChI=1S/C19H26N4O3S.HI/c1-5-20-19(23-13-16-7-9-18(26-3)21-12-16)22-11-15-6-8-17(14(2)10-15)27(4,24)25;/h6-10,12H,5,11,13H2,1-4H3,(H2,20,22,23);1H. The molecule has 1 aromatic carbocycles. The summed E-state index contributed by atoms with van der Waals surface area (Å²) in [5.74, 6) is 1.25. The number of halogens is 1. The van der Waals surface area contributed by atoms with Crippen molar-refractivity contribution in [2.75, 3.05) is 19.9 Å². The van der Waals surface area contributed by atoms with E-state index in [9.17, 15) is 8.42 Å². The average Bonchev–Trinajstić information content (AvgIpc) is 2.63. The Kier molecular flexibility index (Phi) is 9.66. The van der Waals surface area contributed by atoms with Gasteiger partial charge in [0.1, 0.15) is 0 Å². The van der Waals surface area contributed by atoms with Gasteiger partial charge in [-0.3, -0.25) is 0 Å². The van der Waals surface area contributed by atoms with Gasteiger partial charge < -0.3 is 15.4 Å². The Bertz CT molecular complexity index is 900. The van der Waals surface area contributed by atoms with Crippen molar-refractivity contribution in [2.45, 2.75) is 31.8 Å². The van der Waals surface area contributed by atoms with Crippen LogP contribution in [0.15, 0.2) is 46.4 Å². The first kappa shape index (κ1) is 24.2. The molecule has 1 aromatic heterocycles. The van der Waals surface area contributed by atoms with Crippen LogP contribution in [0.2, 0.25) is 0 Å². The van der Waals surface area contributed by atoms with Crippen LogP contribution in [0.5, 0.6) is 5.88 Å². The van der Waals surface area contributed by atoms with E-state index in [0.29, 0.717) is 29.8 Å². The third-order valence-electron chi connectivity index (χ3n) is 3.87. The van der Waals surface area contributed by atoms with Gasteiger partial charge >= 0.3 is 0 Å². The molecule has 2 aromatic rings. The Morgan fingerprint density at radius 1 is 1.18 bits per heavy atom. The number of sulfone groups is 1. The fourth-order valence-corrected chi connectivity index (χ4v) is 3.52. The number of rotatable bonds is 7. The summed E-state index contributed by atoms with van der Waals surface area (Å²) in [6.07, 6.45) is 2.95. The van der Waals surface area contributed by atoms with E-state index in [2.05, 4.69) is 20.6 Å². The van der Waals surface area contributed by atoms with Crippen molar-refractivity contribution in [1.82, 2.24) is 15.6 Å². The van der Waals surface area contributed by atoms with E-state index in [1.807, 2.05) is 25.1 Å². The highest BCUT2D eigenvalue weighted by Crippen LogP contribution is 2.16. The first-order chi connectivity index (χ1) is 12.8. The van der Waals surface area contributed by atoms with Gasteiger partial charge in [-0.2, -0.15) is 0 Å². The molecular formula is C19H27IN4O3S. The summed E-state index contributed by atoms with van der Waals surface area (Å²) < 4.78 is 28.5. The van der Waals surface area contributed by atoms with Crippen LogP contribution >= 0.6 is 24.0 Å². The number of guanidine groups is 1. The maximum atomic E-state index is 11.7. The second-order valence-corrected chi connectivity index (χ2v) is 8.11. The summed E-state index contributed by atoms with van der Waals surface area (Å²) in [4.78, 5) is 9.08. The van der Waals surface area contributed by atoms with E-state index in [-0.39, 0.29) is 24.0 Å². The van der Waals surface area contributed by atoms with Gasteiger partial charge in [-0.15, -0.1) is 24.0 Å². The first-order valence-electron chi connectivity index (χ1n) is 8.64. The number of pyridine rings is 1. The lowest BCUT2D eigenvalue weighted by molar-refractivity contribution is 0.397. The lowest BCUT2D eigenvalue weighted by atomic mass is 10.1. The predicted molar refractivity (Wildman–Crippen MR) is 122 cm³/mol. The van der Waals surface area contributed by atoms with E-state index in [0.717, 1.165) is 23.2 Å². The van der Waals surface area contributed by atoms with Crippen LogP contribution in [-0.2, 0) is 22.9 Å². The SMILES string of the molecule is CCNC(=NCc1ccc(OC)nc1)NCc1ccc(S(C)(=O)=O)c(C)c1.I. The Balaban J connectivity index is 0.00000392. The number of ether oxygens (including phenoxy) is 1. The molecule has 0 unspecified atom stereocenters. The van der Waals surface area contributed by atoms with E-state index in [1.54, 1.807) is 32.4 Å². The molecule has 1 heterocycles. The lowest BCUT2D eigenvalue weighted by Crippen LogP contribution is -2.36. The number of aromatic nitrogens is 1. The van der Waals surface area contributed by atoms with Gasteiger partial charge in [-0.05, 0) is 36.6 Å². The molecule has 154 valence electrons. The fraction of sp³-hybridized carbons (Fsp3) is 0.368. The number of hydrogen-bond donors (Lipinski definition) is 2. The fourth-order valence-electron chi connectivity index (χ4n) is 2.56. The third kappa shape index (κ3) is 7.27. The number of aryl methyl sites for hydroxylation is 1. The van der Waals surface area contributed by atoms with Gasteiger partial charge in [0.2, 0.25) is 5.88 Å². The molecule has 0 aliphatic rings. The van der Waals surface area contributed by atoms with Crippen molar-refractivity contribution in [3.05, 3.63) is 53.2 Å². The van der Waals surface area contributed by atoms with E-state index >= 15 is 0 Å². The summed E-state index contributed by atoms with van der Waals surface area (Å²) in [6, 6.07) is 9.06. The van der Waals surface area contributed by atoms with Crippen LogP contribution in [-0.4, -0.2) is 39.3 Å². The molecular weight excluding hydrogens is 491 g/mol. The summed E-state index contributed by atoms with van der Waals surface area (Å²) in [7, 11) is -1.62. The van der Waals surface area contributed by atoms with E-state index in [4.69, 9.17) is 4.74 Å². The van der Waals surface area contributed by atoms with Crippen LogP contribution in [0, 0.1) is 6.92 Å². The summed E-state index contributed by atoms with van der Waals surface area (Å²) in [5.41, 5.74) is 2.70. The Morgan fingerprint density at radius 3 is 2.43 bits per heavy atom. The molecule has 0 fully saturated rings. The molecule has 0 atom stereocenters. The van der Waals surface area contributed by atoms with Gasteiger partial charge in [-0.25, -0.2) is 18.4 Å². The quantitative estimate of drug-likeness (QED) is 0.333. The number of hydrogen-bond acceptors (Lipinski definition) is 5. The third-order valence-corrected chi connectivity index (χ3v) is 5.13. The molecule has 7 nitrogen and oxygen atoms in total. The maximum absolute atomic E-state index is 11.7. The molecule has 0 aliphatic carbocycles. The second kappa shape index (κ2) is 11.2. The van der Waals surface area contributed by atoms with Crippen molar-refractivity contribution in [3.8, 4) is 5.88 Å². The van der Waals surface area contributed by atoms with Gasteiger partial charge in [0.05, 0.1) is 18.6 Å². The maximum Gasteiger partial charge on any atom is 0.212 e. The normalized spacial score (nSPS) is 11.5. The van der Waals surface area contributed by atoms with Gasteiger partial charge in [0, 0.05) is 31.6 Å². The molecule has 28 heavy (non-hydrogen) atoms. The van der Waals surface area contributed by atoms with Crippen LogP contribution in [0.1, 0.15) is 23.6 Å². The van der Waals surface area contributed by atoms with Gasteiger partial charge in [0.25, 0.3) is 0 Å². The smallest absolute Gasteiger partial charge is 0.212 e. The van der Waals surface area contributed by atoms with Crippen LogP contribution in [0.25, 0.3) is 0 Å². The largest absolute Gasteiger partial charge is 0.481 e. The number of aliphatic imine (C=N–C) groups is 1. The number of methoxy groups -OCH3 is 1. The van der Waals surface area contributed by atoms with Crippen LogP contribution in [0.4, 0.5) is 0 Å². The summed E-state index contributed by atoms with van der Waals surface area (Å²) in [6.45, 7) is 5.56. The van der Waals surface area contributed by atoms with E-state index < -0.39 is 9.84 Å². The van der Waals surface area contributed by atoms with Crippen LogP contribution in [0.3, 0.4) is 0 Å². The molecule has 0 spiro atoms. The van der Waals surface area contributed by atoms with Crippen molar-refractivity contribution < 1.29 is 13.2 Å². The average molecular weight is 518 g/mol.